The van der Waals surface area contributed by atoms with Crippen LogP contribution in [0.4, 0.5) is 0 Å². The van der Waals surface area contributed by atoms with Gasteiger partial charge in [0.2, 0.25) is 0 Å². The first-order valence-electron chi connectivity index (χ1n) is 7.98. The van der Waals surface area contributed by atoms with Crippen LogP contribution in [0.3, 0.4) is 0 Å². The second kappa shape index (κ2) is 7.42. The van der Waals surface area contributed by atoms with Crippen LogP contribution in [0.2, 0.25) is 0 Å². The molecule has 2 aromatic rings. The Morgan fingerprint density at radius 3 is 2.22 bits per heavy atom. The molecule has 0 aliphatic carbocycles. The van der Waals surface area contributed by atoms with Crippen LogP contribution in [-0.4, -0.2) is 5.91 Å². The molecule has 0 heterocycles. The smallest absolute Gasteiger partial charge is 0.253 e. The van der Waals surface area contributed by atoms with Crippen LogP contribution in [0, 0.1) is 0 Å². The van der Waals surface area contributed by atoms with Gasteiger partial charge < -0.3 is 0 Å². The number of hydroxylamine groups is 1. The molecule has 1 N–H and O–H groups in total. The van der Waals surface area contributed by atoms with E-state index in [1.54, 1.807) is 0 Å². The van der Waals surface area contributed by atoms with Gasteiger partial charge in [-0.15, -0.1) is 0 Å². The summed E-state index contributed by atoms with van der Waals surface area (Å²) in [6, 6.07) is 18.0. The average Bonchev–Trinajstić information content (AvgIpc) is 2.56. The lowest BCUT2D eigenvalue weighted by Gasteiger charge is -2.23. The predicted octanol–water partition coefficient (Wildman–Crippen LogP) is 4.34. The highest BCUT2D eigenvalue weighted by molar-refractivity contribution is 5.86. The fraction of sp³-hybridized carbons (Fsp3) is 0.350. The molecule has 0 saturated heterocycles. The molecule has 0 fully saturated rings. The second-order valence-corrected chi connectivity index (χ2v) is 6.61. The number of rotatable bonds is 6. The summed E-state index contributed by atoms with van der Waals surface area (Å²) in [7, 11) is 0. The van der Waals surface area contributed by atoms with Gasteiger partial charge in [-0.2, -0.15) is 0 Å². The molecule has 0 aliphatic heterocycles. The van der Waals surface area contributed by atoms with Crippen LogP contribution in [0.1, 0.15) is 50.3 Å². The van der Waals surface area contributed by atoms with Crippen molar-refractivity contribution in [1.82, 2.24) is 5.48 Å². The molecule has 0 aliphatic rings. The lowest BCUT2D eigenvalue weighted by molar-refractivity contribution is -0.139. The van der Waals surface area contributed by atoms with Gasteiger partial charge in [-0.25, -0.2) is 5.48 Å². The number of hydrogen-bond acceptors (Lipinski definition) is 2. The zero-order valence-electron chi connectivity index (χ0n) is 14.3. The molecule has 0 spiro atoms. The number of carbonyl (C=O) groups is 1. The molecule has 2 aromatic carbocycles. The molecule has 0 radical (unpaired) electrons. The maximum absolute atomic E-state index is 12.4. The molecule has 23 heavy (non-hydrogen) atoms. The monoisotopic (exact) mass is 311 g/mol. The molecule has 0 saturated carbocycles. The Labute approximate surface area is 138 Å². The van der Waals surface area contributed by atoms with E-state index in [9.17, 15) is 4.79 Å². The summed E-state index contributed by atoms with van der Waals surface area (Å²) >= 11 is 0. The van der Waals surface area contributed by atoms with Crippen LogP contribution in [0.15, 0.2) is 54.6 Å². The minimum atomic E-state index is -0.636. The van der Waals surface area contributed by atoms with Gasteiger partial charge in [-0.05, 0) is 36.5 Å². The summed E-state index contributed by atoms with van der Waals surface area (Å²) in [4.78, 5) is 17.8. The third-order valence-corrected chi connectivity index (χ3v) is 4.11. The third kappa shape index (κ3) is 4.42. The van der Waals surface area contributed by atoms with Crippen molar-refractivity contribution < 1.29 is 9.63 Å². The Kier molecular flexibility index (Phi) is 5.56. The molecule has 122 valence electrons. The molecule has 2 rings (SSSR count). The minimum Gasteiger partial charge on any atom is -0.272 e. The number of benzene rings is 2. The van der Waals surface area contributed by atoms with E-state index in [4.69, 9.17) is 4.84 Å². The molecule has 3 nitrogen and oxygen atoms in total. The summed E-state index contributed by atoms with van der Waals surface area (Å²) in [5.41, 5.74) is 5.22. The quantitative estimate of drug-likeness (QED) is 0.806. The van der Waals surface area contributed by atoms with Crippen LogP contribution < -0.4 is 5.48 Å². The lowest BCUT2D eigenvalue weighted by Crippen LogP contribution is -2.39. The SMILES string of the molecule is CC(C)c1ccc(CONC(=O)C(C)(C)c2ccccc2)cc1. The molecule has 1 amide bonds. The van der Waals surface area contributed by atoms with Crippen molar-refractivity contribution in [1.29, 1.82) is 0 Å². The molecule has 3 heteroatoms. The van der Waals surface area contributed by atoms with Crippen molar-refractivity contribution in [3.63, 3.8) is 0 Å². The van der Waals surface area contributed by atoms with Gasteiger partial charge in [-0.1, -0.05) is 68.4 Å². The molecule has 0 unspecified atom stereocenters. The van der Waals surface area contributed by atoms with E-state index in [-0.39, 0.29) is 5.91 Å². The van der Waals surface area contributed by atoms with Crippen LogP contribution in [-0.2, 0) is 21.7 Å². The van der Waals surface area contributed by atoms with Crippen LogP contribution in [0.25, 0.3) is 0 Å². The number of hydrogen-bond donors (Lipinski definition) is 1. The molecular weight excluding hydrogens is 286 g/mol. The zero-order chi connectivity index (χ0) is 16.9. The topological polar surface area (TPSA) is 38.3 Å². The fourth-order valence-electron chi connectivity index (χ4n) is 2.30. The summed E-state index contributed by atoms with van der Waals surface area (Å²) in [5, 5.41) is 0. The third-order valence-electron chi connectivity index (χ3n) is 4.11. The predicted molar refractivity (Wildman–Crippen MR) is 92.9 cm³/mol. The van der Waals surface area contributed by atoms with Crippen molar-refractivity contribution in [2.45, 2.75) is 45.6 Å². The Bertz CT molecular complexity index is 630. The molecule has 0 atom stereocenters. The number of amides is 1. The largest absolute Gasteiger partial charge is 0.272 e. The first-order valence-corrected chi connectivity index (χ1v) is 7.98. The van der Waals surface area contributed by atoms with E-state index in [0.717, 1.165) is 11.1 Å². The van der Waals surface area contributed by atoms with E-state index in [1.165, 1.54) is 5.56 Å². The van der Waals surface area contributed by atoms with Crippen molar-refractivity contribution in [2.24, 2.45) is 0 Å². The Hall–Kier alpha value is -2.13. The maximum atomic E-state index is 12.4. The first kappa shape index (κ1) is 17.2. The highest BCUT2D eigenvalue weighted by Crippen LogP contribution is 2.23. The Morgan fingerprint density at radius 1 is 1.04 bits per heavy atom. The second-order valence-electron chi connectivity index (χ2n) is 6.61. The number of nitrogens with one attached hydrogen (secondary N) is 1. The van der Waals surface area contributed by atoms with E-state index >= 15 is 0 Å². The summed E-state index contributed by atoms with van der Waals surface area (Å²) in [5.74, 6) is 0.360. The van der Waals surface area contributed by atoms with Crippen molar-refractivity contribution in [3.05, 3.63) is 71.3 Å². The summed E-state index contributed by atoms with van der Waals surface area (Å²) < 4.78 is 0. The summed E-state index contributed by atoms with van der Waals surface area (Å²) in [6.45, 7) is 8.46. The Balaban J connectivity index is 1.89. The van der Waals surface area contributed by atoms with Gasteiger partial charge in [0.25, 0.3) is 5.91 Å². The van der Waals surface area contributed by atoms with Gasteiger partial charge in [0.1, 0.15) is 0 Å². The van der Waals surface area contributed by atoms with Gasteiger partial charge in [-0.3, -0.25) is 9.63 Å². The summed E-state index contributed by atoms with van der Waals surface area (Å²) in [6.07, 6.45) is 0. The van der Waals surface area contributed by atoms with Gasteiger partial charge in [0.05, 0.1) is 12.0 Å². The highest BCUT2D eigenvalue weighted by atomic mass is 16.6. The normalized spacial score (nSPS) is 11.5. The van der Waals surface area contributed by atoms with E-state index < -0.39 is 5.41 Å². The highest BCUT2D eigenvalue weighted by Gasteiger charge is 2.29. The minimum absolute atomic E-state index is 0.150. The van der Waals surface area contributed by atoms with Crippen LogP contribution in [0.5, 0.6) is 0 Å². The van der Waals surface area contributed by atoms with Crippen molar-refractivity contribution >= 4 is 5.91 Å². The van der Waals surface area contributed by atoms with Gasteiger partial charge >= 0.3 is 0 Å². The fourth-order valence-corrected chi connectivity index (χ4v) is 2.30. The number of carbonyl (C=O) groups excluding carboxylic acids is 1. The van der Waals surface area contributed by atoms with Gasteiger partial charge in [0.15, 0.2) is 0 Å². The molecular formula is C20H25NO2. The first-order chi connectivity index (χ1) is 10.9. The lowest BCUT2D eigenvalue weighted by atomic mass is 9.84. The van der Waals surface area contributed by atoms with Crippen LogP contribution >= 0.6 is 0 Å². The van der Waals surface area contributed by atoms with E-state index in [1.807, 2.05) is 56.3 Å². The van der Waals surface area contributed by atoms with E-state index in [0.29, 0.717) is 12.5 Å². The molecule has 0 aromatic heterocycles. The maximum Gasteiger partial charge on any atom is 0.253 e. The average molecular weight is 311 g/mol. The van der Waals surface area contributed by atoms with Gasteiger partial charge in [0, 0.05) is 0 Å². The molecule has 0 bridgehead atoms. The van der Waals surface area contributed by atoms with E-state index in [2.05, 4.69) is 31.5 Å². The van der Waals surface area contributed by atoms with Crippen molar-refractivity contribution in [2.75, 3.05) is 0 Å². The Morgan fingerprint density at radius 2 is 1.65 bits per heavy atom. The zero-order valence-corrected chi connectivity index (χ0v) is 14.3. The standard InChI is InChI=1S/C20H25NO2/c1-15(2)17-12-10-16(11-13-17)14-23-21-19(22)20(3,4)18-8-6-5-7-9-18/h5-13,15H,14H2,1-4H3,(H,21,22). The van der Waals surface area contributed by atoms with Crippen molar-refractivity contribution in [3.8, 4) is 0 Å².